The molecular weight excluding hydrogens is 253 g/mol. The van der Waals surface area contributed by atoms with E-state index in [0.717, 1.165) is 16.5 Å². The lowest BCUT2D eigenvalue weighted by Gasteiger charge is -2.07. The van der Waals surface area contributed by atoms with Crippen molar-refractivity contribution in [2.45, 2.75) is 6.54 Å². The van der Waals surface area contributed by atoms with Gasteiger partial charge in [0.2, 0.25) is 0 Å². The molecule has 0 aliphatic carbocycles. The fourth-order valence-electron chi connectivity index (χ4n) is 2.35. The maximum atomic E-state index is 13.4. The molecule has 3 rings (SSSR count). The van der Waals surface area contributed by atoms with Crippen LogP contribution in [0, 0.1) is 17.1 Å². The molecule has 0 atom stereocenters. The summed E-state index contributed by atoms with van der Waals surface area (Å²) in [6.07, 6.45) is 1.92. The standard InChI is InChI=1S/C16H12FN3/c17-14-5-12(6-15(19)8-14)10-20-4-3-13-2-1-11(9-18)7-16(13)20/h1-8H,10,19H2. The first-order valence-electron chi connectivity index (χ1n) is 6.19. The van der Waals surface area contributed by atoms with Gasteiger partial charge in [0.1, 0.15) is 5.82 Å². The number of nitrogens with zero attached hydrogens (tertiary/aromatic N) is 2. The lowest BCUT2D eigenvalue weighted by molar-refractivity contribution is 0.625. The second-order valence-electron chi connectivity index (χ2n) is 4.72. The summed E-state index contributed by atoms with van der Waals surface area (Å²) >= 11 is 0. The fourth-order valence-corrected chi connectivity index (χ4v) is 2.35. The van der Waals surface area contributed by atoms with Crippen LogP contribution in [0.25, 0.3) is 10.9 Å². The van der Waals surface area contributed by atoms with Gasteiger partial charge in [-0.15, -0.1) is 0 Å². The number of nitriles is 1. The molecule has 0 aliphatic rings. The van der Waals surface area contributed by atoms with Crippen molar-refractivity contribution in [3.8, 4) is 6.07 Å². The van der Waals surface area contributed by atoms with Gasteiger partial charge in [-0.2, -0.15) is 5.26 Å². The molecule has 0 spiro atoms. The maximum absolute atomic E-state index is 13.4. The molecule has 0 saturated carbocycles. The number of nitrogens with two attached hydrogens (primary N) is 1. The van der Waals surface area contributed by atoms with E-state index in [1.54, 1.807) is 12.1 Å². The predicted octanol–water partition coefficient (Wildman–Crippen LogP) is 3.28. The third-order valence-electron chi connectivity index (χ3n) is 3.24. The van der Waals surface area contributed by atoms with Gasteiger partial charge in [-0.1, -0.05) is 6.07 Å². The van der Waals surface area contributed by atoms with Gasteiger partial charge in [0.15, 0.2) is 0 Å². The number of aromatic nitrogens is 1. The molecule has 98 valence electrons. The molecule has 0 unspecified atom stereocenters. The van der Waals surface area contributed by atoms with Gasteiger partial charge in [0, 0.05) is 23.9 Å². The van der Waals surface area contributed by atoms with Gasteiger partial charge in [-0.05, 0) is 47.3 Å². The molecule has 1 aromatic heterocycles. The summed E-state index contributed by atoms with van der Waals surface area (Å²) in [5.41, 5.74) is 8.42. The van der Waals surface area contributed by atoms with Crippen molar-refractivity contribution in [3.05, 3.63) is 65.6 Å². The Bertz CT molecular complexity index is 807. The molecular formula is C16H12FN3. The van der Waals surface area contributed by atoms with Gasteiger partial charge in [0.05, 0.1) is 11.6 Å². The lowest BCUT2D eigenvalue weighted by Crippen LogP contribution is -2.00. The second-order valence-corrected chi connectivity index (χ2v) is 4.72. The Morgan fingerprint density at radius 3 is 2.75 bits per heavy atom. The monoisotopic (exact) mass is 265 g/mol. The van der Waals surface area contributed by atoms with Crippen LogP contribution in [0.4, 0.5) is 10.1 Å². The molecule has 3 nitrogen and oxygen atoms in total. The van der Waals surface area contributed by atoms with Crippen molar-refractivity contribution in [2.75, 3.05) is 5.73 Å². The Morgan fingerprint density at radius 1 is 1.15 bits per heavy atom. The van der Waals surface area contributed by atoms with Gasteiger partial charge < -0.3 is 10.3 Å². The summed E-state index contributed by atoms with van der Waals surface area (Å²) in [5.74, 6) is -0.339. The molecule has 2 N–H and O–H groups in total. The highest BCUT2D eigenvalue weighted by atomic mass is 19.1. The van der Waals surface area contributed by atoms with Gasteiger partial charge in [-0.25, -0.2) is 4.39 Å². The van der Waals surface area contributed by atoms with Gasteiger partial charge >= 0.3 is 0 Å². The lowest BCUT2D eigenvalue weighted by atomic mass is 10.1. The van der Waals surface area contributed by atoms with Crippen molar-refractivity contribution in [1.29, 1.82) is 5.26 Å². The summed E-state index contributed by atoms with van der Waals surface area (Å²) in [6.45, 7) is 0.514. The fraction of sp³-hybridized carbons (Fsp3) is 0.0625. The number of rotatable bonds is 2. The number of fused-ring (bicyclic) bond motifs is 1. The zero-order chi connectivity index (χ0) is 14.1. The summed E-state index contributed by atoms with van der Waals surface area (Å²) in [7, 11) is 0. The van der Waals surface area contributed by atoms with Crippen LogP contribution in [0.3, 0.4) is 0 Å². The highest BCUT2D eigenvalue weighted by Crippen LogP contribution is 2.20. The van der Waals surface area contributed by atoms with E-state index >= 15 is 0 Å². The number of nitrogen functional groups attached to an aromatic ring is 1. The Hall–Kier alpha value is -2.80. The second kappa shape index (κ2) is 4.71. The normalized spacial score (nSPS) is 10.6. The molecule has 0 radical (unpaired) electrons. The van der Waals surface area contributed by atoms with E-state index in [-0.39, 0.29) is 5.82 Å². The van der Waals surface area contributed by atoms with Crippen LogP contribution in [-0.4, -0.2) is 4.57 Å². The highest BCUT2D eigenvalue weighted by molar-refractivity contribution is 5.81. The molecule has 20 heavy (non-hydrogen) atoms. The summed E-state index contributed by atoms with van der Waals surface area (Å²) < 4.78 is 15.3. The van der Waals surface area contributed by atoms with Crippen LogP contribution in [-0.2, 0) is 6.54 Å². The average molecular weight is 265 g/mol. The van der Waals surface area contributed by atoms with Crippen LogP contribution in [0.15, 0.2) is 48.7 Å². The molecule has 0 saturated heterocycles. The third-order valence-corrected chi connectivity index (χ3v) is 3.24. The first kappa shape index (κ1) is 12.2. The Labute approximate surface area is 115 Å². The van der Waals surface area contributed by atoms with Gasteiger partial charge in [0.25, 0.3) is 0 Å². The Kier molecular flexibility index (Phi) is 2.88. The van der Waals surface area contributed by atoms with Gasteiger partial charge in [-0.3, -0.25) is 0 Å². The third kappa shape index (κ3) is 2.21. The number of halogens is 1. The minimum Gasteiger partial charge on any atom is -0.399 e. The largest absolute Gasteiger partial charge is 0.399 e. The van der Waals surface area contributed by atoms with Crippen molar-refractivity contribution >= 4 is 16.6 Å². The van der Waals surface area contributed by atoms with Crippen LogP contribution in [0.1, 0.15) is 11.1 Å². The molecule has 0 aliphatic heterocycles. The quantitative estimate of drug-likeness (QED) is 0.723. The highest BCUT2D eigenvalue weighted by Gasteiger charge is 2.05. The summed E-state index contributed by atoms with van der Waals surface area (Å²) in [5, 5.41) is 10.0. The molecule has 1 heterocycles. The average Bonchev–Trinajstić information content (AvgIpc) is 2.80. The van der Waals surface area contributed by atoms with Crippen molar-refractivity contribution in [2.24, 2.45) is 0 Å². The smallest absolute Gasteiger partial charge is 0.125 e. The molecule has 2 aromatic carbocycles. The van der Waals surface area contributed by atoms with E-state index in [2.05, 4.69) is 6.07 Å². The molecule has 0 bridgehead atoms. The minimum atomic E-state index is -0.339. The number of hydrogen-bond donors (Lipinski definition) is 1. The van der Waals surface area contributed by atoms with E-state index in [1.807, 2.05) is 29.0 Å². The first-order chi connectivity index (χ1) is 9.65. The molecule has 4 heteroatoms. The van der Waals surface area contributed by atoms with Crippen molar-refractivity contribution in [1.82, 2.24) is 4.57 Å². The zero-order valence-electron chi connectivity index (χ0n) is 10.7. The minimum absolute atomic E-state index is 0.339. The van der Waals surface area contributed by atoms with Crippen molar-refractivity contribution in [3.63, 3.8) is 0 Å². The van der Waals surface area contributed by atoms with E-state index in [1.165, 1.54) is 12.1 Å². The SMILES string of the molecule is N#Cc1ccc2ccn(Cc3cc(N)cc(F)c3)c2c1. The number of anilines is 1. The topological polar surface area (TPSA) is 54.7 Å². The summed E-state index contributed by atoms with van der Waals surface area (Å²) in [4.78, 5) is 0. The molecule has 0 amide bonds. The Morgan fingerprint density at radius 2 is 2.00 bits per heavy atom. The molecule has 0 fully saturated rings. The van der Waals surface area contributed by atoms with E-state index in [4.69, 9.17) is 11.0 Å². The number of benzene rings is 2. The van der Waals surface area contributed by atoms with E-state index in [9.17, 15) is 4.39 Å². The Balaban J connectivity index is 2.04. The van der Waals surface area contributed by atoms with E-state index < -0.39 is 0 Å². The van der Waals surface area contributed by atoms with Crippen LogP contribution >= 0.6 is 0 Å². The van der Waals surface area contributed by atoms with Crippen molar-refractivity contribution < 1.29 is 4.39 Å². The van der Waals surface area contributed by atoms with Crippen LogP contribution < -0.4 is 5.73 Å². The van der Waals surface area contributed by atoms with Crippen LogP contribution in [0.5, 0.6) is 0 Å². The first-order valence-corrected chi connectivity index (χ1v) is 6.19. The predicted molar refractivity (Wildman–Crippen MR) is 76.6 cm³/mol. The zero-order valence-corrected chi connectivity index (χ0v) is 10.7. The van der Waals surface area contributed by atoms with E-state index in [0.29, 0.717) is 17.8 Å². The molecule has 3 aromatic rings. The summed E-state index contributed by atoms with van der Waals surface area (Å²) in [6, 6.07) is 14.1. The van der Waals surface area contributed by atoms with Crippen LogP contribution in [0.2, 0.25) is 0 Å². The maximum Gasteiger partial charge on any atom is 0.125 e. The number of hydrogen-bond acceptors (Lipinski definition) is 2.